The number of para-hydroxylation sites is 3. The van der Waals surface area contributed by atoms with E-state index in [9.17, 15) is 0 Å². The predicted molar refractivity (Wildman–Crippen MR) is 265 cm³/mol. The summed E-state index contributed by atoms with van der Waals surface area (Å²) in [5.74, 6) is 1.62. The molecular weight excluding hydrogens is 797 g/mol. The number of benzene rings is 10. The van der Waals surface area contributed by atoms with Crippen LogP contribution < -0.4 is 0 Å². The molecule has 0 saturated heterocycles. The normalized spacial score (nSPS) is 12.0. The maximum absolute atomic E-state index is 6.90. The molecule has 302 valence electrons. The molecule has 14 aromatic rings. The molecule has 4 aromatic heterocycles. The predicted octanol–water partition coefficient (Wildman–Crippen LogP) is 15.7. The molecule has 4 heterocycles. The second-order valence-corrected chi connectivity index (χ2v) is 16.8. The molecule has 0 spiro atoms. The number of nitrogens with zero attached hydrogens (tertiary/aromatic N) is 4. The number of rotatable bonds is 5. The first-order valence-electron chi connectivity index (χ1n) is 21.8. The van der Waals surface area contributed by atoms with Crippen LogP contribution in [-0.4, -0.2) is 19.5 Å². The fourth-order valence-electron chi connectivity index (χ4n) is 9.90. The van der Waals surface area contributed by atoms with E-state index in [2.05, 4.69) is 168 Å². The lowest BCUT2D eigenvalue weighted by atomic mass is 10.0. The molecule has 14 rings (SSSR count). The number of hydrogen-bond acceptors (Lipinski definition) is 5. The van der Waals surface area contributed by atoms with Crippen LogP contribution in [0.3, 0.4) is 0 Å². The van der Waals surface area contributed by atoms with E-state index in [0.29, 0.717) is 17.5 Å². The highest BCUT2D eigenvalue weighted by Gasteiger charge is 2.23. The first kappa shape index (κ1) is 35.7. The van der Waals surface area contributed by atoms with Gasteiger partial charge in [-0.25, -0.2) is 15.0 Å². The smallest absolute Gasteiger partial charge is 0.167 e. The van der Waals surface area contributed by atoms with Crippen LogP contribution in [0.15, 0.2) is 215 Å². The van der Waals surface area contributed by atoms with Crippen LogP contribution in [0.4, 0.5) is 0 Å². The van der Waals surface area contributed by atoms with Crippen LogP contribution in [0.2, 0.25) is 0 Å². The van der Waals surface area contributed by atoms with E-state index in [1.165, 1.54) is 21.5 Å². The van der Waals surface area contributed by atoms with Gasteiger partial charge in [0.25, 0.3) is 0 Å². The third-order valence-electron chi connectivity index (χ3n) is 13.0. The maximum Gasteiger partial charge on any atom is 0.167 e. The highest BCUT2D eigenvalue weighted by Crippen LogP contribution is 2.43. The van der Waals surface area contributed by atoms with Crippen molar-refractivity contribution in [3.05, 3.63) is 206 Å². The Balaban J connectivity index is 1.08. The van der Waals surface area contributed by atoms with E-state index in [1.807, 2.05) is 42.5 Å². The van der Waals surface area contributed by atoms with Crippen molar-refractivity contribution < 1.29 is 8.83 Å². The maximum atomic E-state index is 6.90. The zero-order valence-corrected chi connectivity index (χ0v) is 34.7. The minimum Gasteiger partial charge on any atom is -0.455 e. The van der Waals surface area contributed by atoms with E-state index < -0.39 is 0 Å². The average Bonchev–Trinajstić information content (AvgIpc) is 4.04. The van der Waals surface area contributed by atoms with E-state index >= 15 is 0 Å². The highest BCUT2D eigenvalue weighted by atomic mass is 16.3. The lowest BCUT2D eigenvalue weighted by Gasteiger charge is -2.13. The van der Waals surface area contributed by atoms with Crippen molar-refractivity contribution in [2.45, 2.75) is 0 Å². The Morgan fingerprint density at radius 3 is 1.51 bits per heavy atom. The lowest BCUT2D eigenvalue weighted by Crippen LogP contribution is -2.02. The van der Waals surface area contributed by atoms with Crippen molar-refractivity contribution in [2.24, 2.45) is 0 Å². The van der Waals surface area contributed by atoms with Crippen LogP contribution in [-0.2, 0) is 0 Å². The Bertz CT molecular complexity index is 4160. The first-order chi connectivity index (χ1) is 32.2. The lowest BCUT2D eigenvalue weighted by molar-refractivity contribution is 0.666. The molecule has 0 unspecified atom stereocenters. The minimum atomic E-state index is 0.522. The van der Waals surface area contributed by atoms with Crippen LogP contribution in [0.1, 0.15) is 0 Å². The van der Waals surface area contributed by atoms with E-state index in [0.717, 1.165) is 99.2 Å². The van der Waals surface area contributed by atoms with Crippen LogP contribution in [0.25, 0.3) is 138 Å². The van der Waals surface area contributed by atoms with Gasteiger partial charge in [-0.3, -0.25) is 0 Å². The molecule has 0 fully saturated rings. The van der Waals surface area contributed by atoms with Gasteiger partial charge in [0.05, 0.1) is 22.3 Å². The largest absolute Gasteiger partial charge is 0.455 e. The van der Waals surface area contributed by atoms with Gasteiger partial charge in [-0.15, -0.1) is 0 Å². The Morgan fingerprint density at radius 1 is 0.308 bits per heavy atom. The quantitative estimate of drug-likeness (QED) is 0.173. The molecule has 0 N–H and O–H groups in total. The summed E-state index contributed by atoms with van der Waals surface area (Å²) in [4.78, 5) is 16.0. The summed E-state index contributed by atoms with van der Waals surface area (Å²) in [7, 11) is 0. The van der Waals surface area contributed by atoms with E-state index in [1.54, 1.807) is 0 Å². The molecular formula is C59H34N4O2. The number of aromatic nitrogens is 4. The monoisotopic (exact) mass is 830 g/mol. The Hall–Kier alpha value is -8.87. The first-order valence-corrected chi connectivity index (χ1v) is 21.8. The Labute approximate surface area is 371 Å². The van der Waals surface area contributed by atoms with Crippen molar-refractivity contribution in [1.29, 1.82) is 0 Å². The van der Waals surface area contributed by atoms with Gasteiger partial charge in [-0.05, 0) is 93.3 Å². The van der Waals surface area contributed by atoms with Gasteiger partial charge in [0.15, 0.2) is 23.1 Å². The molecule has 0 radical (unpaired) electrons. The van der Waals surface area contributed by atoms with E-state index in [4.69, 9.17) is 23.8 Å². The van der Waals surface area contributed by atoms with Crippen molar-refractivity contribution in [1.82, 2.24) is 19.5 Å². The number of fused-ring (bicyclic) bond motifs is 11. The fraction of sp³-hybridized carbons (Fsp3) is 0. The van der Waals surface area contributed by atoms with Crippen molar-refractivity contribution in [3.63, 3.8) is 0 Å². The topological polar surface area (TPSA) is 69.9 Å². The standard InChI is InChI=1S/C59H34N4O2/c1-2-14-35(15-3-1)36-20-12-21-41(28-36)57-60-58(62-59(61-57)46-25-13-24-45-43-22-8-10-26-53(43)64-55(45)46)42-31-49-44-23-9-11-27-54(44)65-56(49)52(34-42)63-50-32-39-18-6-4-16-37(39)29-47(50)48-30-38-17-5-7-19-40(38)33-51(48)63/h1-34H. The summed E-state index contributed by atoms with van der Waals surface area (Å²) in [5.41, 5.74) is 10.9. The van der Waals surface area contributed by atoms with Gasteiger partial charge >= 0.3 is 0 Å². The third-order valence-corrected chi connectivity index (χ3v) is 13.0. The van der Waals surface area contributed by atoms with Crippen LogP contribution in [0, 0.1) is 0 Å². The zero-order chi connectivity index (χ0) is 42.6. The second kappa shape index (κ2) is 13.8. The molecule has 0 bridgehead atoms. The SMILES string of the molecule is c1ccc(-c2cccc(-c3nc(-c4cc(-n5c6cc7ccccc7cc6c6cc7ccccc7cc65)c5oc6ccccc6c5c4)nc(-c4cccc5c4oc4ccccc45)n3)c2)cc1. The molecule has 0 atom stereocenters. The molecule has 10 aromatic carbocycles. The van der Waals surface area contributed by atoms with Gasteiger partial charge in [-0.2, -0.15) is 0 Å². The summed E-state index contributed by atoms with van der Waals surface area (Å²) in [6.07, 6.45) is 0. The number of furan rings is 2. The van der Waals surface area contributed by atoms with Crippen LogP contribution in [0.5, 0.6) is 0 Å². The summed E-state index contributed by atoms with van der Waals surface area (Å²) in [6.45, 7) is 0. The summed E-state index contributed by atoms with van der Waals surface area (Å²) in [5, 5.41) is 11.1. The Morgan fingerprint density at radius 2 is 0.815 bits per heavy atom. The highest BCUT2D eigenvalue weighted by molar-refractivity contribution is 6.18. The van der Waals surface area contributed by atoms with Crippen molar-refractivity contribution in [2.75, 3.05) is 0 Å². The minimum absolute atomic E-state index is 0.522. The second-order valence-electron chi connectivity index (χ2n) is 16.8. The molecule has 0 aliphatic heterocycles. The fourth-order valence-corrected chi connectivity index (χ4v) is 9.90. The molecule has 0 saturated carbocycles. The summed E-state index contributed by atoms with van der Waals surface area (Å²) >= 11 is 0. The third kappa shape index (κ3) is 5.57. The van der Waals surface area contributed by atoms with Crippen LogP contribution >= 0.6 is 0 Å². The van der Waals surface area contributed by atoms with Crippen molar-refractivity contribution in [3.8, 4) is 51.0 Å². The molecule has 6 nitrogen and oxygen atoms in total. The van der Waals surface area contributed by atoms with Gasteiger partial charge in [-0.1, -0.05) is 146 Å². The summed E-state index contributed by atoms with van der Waals surface area (Å²) < 4.78 is 15.9. The van der Waals surface area contributed by atoms with Gasteiger partial charge in [0.2, 0.25) is 0 Å². The Kier molecular flexibility index (Phi) is 7.59. The molecule has 6 heteroatoms. The zero-order valence-electron chi connectivity index (χ0n) is 34.7. The summed E-state index contributed by atoms with van der Waals surface area (Å²) in [6, 6.07) is 72.2. The molecule has 0 amide bonds. The molecule has 65 heavy (non-hydrogen) atoms. The van der Waals surface area contributed by atoms with E-state index in [-0.39, 0.29) is 0 Å². The van der Waals surface area contributed by atoms with Gasteiger partial charge < -0.3 is 13.4 Å². The van der Waals surface area contributed by atoms with Crippen molar-refractivity contribution >= 4 is 87.2 Å². The average molecular weight is 831 g/mol. The van der Waals surface area contributed by atoms with Gasteiger partial charge in [0, 0.05) is 43.4 Å². The number of hydrogen-bond donors (Lipinski definition) is 0. The molecule has 0 aliphatic rings. The van der Waals surface area contributed by atoms with Gasteiger partial charge in [0.1, 0.15) is 16.7 Å². The molecule has 0 aliphatic carbocycles.